The predicted molar refractivity (Wildman–Crippen MR) is 107 cm³/mol. The molecule has 7 heteroatoms. The number of carbonyl (C=O) groups is 1. The molecule has 1 heterocycles. The molecule has 0 spiro atoms. The summed E-state index contributed by atoms with van der Waals surface area (Å²) < 4.78 is 18.5. The Morgan fingerprint density at radius 2 is 1.74 bits per heavy atom. The number of benzene rings is 2. The SMILES string of the molecule is Cc1cccc(NC(=S)NNC(=O)c2ccc(-c3ccc(F)cc3)o2)c1C. The summed E-state index contributed by atoms with van der Waals surface area (Å²) in [5, 5.41) is 3.29. The van der Waals surface area contributed by atoms with Crippen molar-refractivity contribution in [1.29, 1.82) is 0 Å². The summed E-state index contributed by atoms with van der Waals surface area (Å²) >= 11 is 5.20. The summed E-state index contributed by atoms with van der Waals surface area (Å²) in [7, 11) is 0. The molecule has 0 radical (unpaired) electrons. The molecule has 1 amide bonds. The number of hydrogen-bond donors (Lipinski definition) is 3. The summed E-state index contributed by atoms with van der Waals surface area (Å²) in [5.74, 6) is -0.238. The number of hydrazine groups is 1. The van der Waals surface area contributed by atoms with E-state index in [0.717, 1.165) is 16.8 Å². The molecular weight excluding hydrogens is 365 g/mol. The van der Waals surface area contributed by atoms with E-state index in [1.54, 1.807) is 18.2 Å². The average molecular weight is 383 g/mol. The van der Waals surface area contributed by atoms with E-state index in [9.17, 15) is 9.18 Å². The van der Waals surface area contributed by atoms with Crippen LogP contribution in [0.4, 0.5) is 10.1 Å². The monoisotopic (exact) mass is 383 g/mol. The molecule has 5 nitrogen and oxygen atoms in total. The first-order valence-corrected chi connectivity index (χ1v) is 8.64. The molecule has 2 aromatic carbocycles. The molecule has 27 heavy (non-hydrogen) atoms. The summed E-state index contributed by atoms with van der Waals surface area (Å²) in [5.41, 5.74) is 8.87. The van der Waals surface area contributed by atoms with Crippen molar-refractivity contribution < 1.29 is 13.6 Å². The van der Waals surface area contributed by atoms with Gasteiger partial charge < -0.3 is 9.73 Å². The van der Waals surface area contributed by atoms with Crippen molar-refractivity contribution in [3.8, 4) is 11.3 Å². The van der Waals surface area contributed by atoms with E-state index in [4.69, 9.17) is 16.6 Å². The van der Waals surface area contributed by atoms with Crippen LogP contribution in [0.5, 0.6) is 0 Å². The molecule has 3 aromatic rings. The molecule has 3 N–H and O–H groups in total. The van der Waals surface area contributed by atoms with Gasteiger partial charge in [0, 0.05) is 11.3 Å². The van der Waals surface area contributed by atoms with Crippen LogP contribution in [0.1, 0.15) is 21.7 Å². The van der Waals surface area contributed by atoms with E-state index in [1.165, 1.54) is 18.2 Å². The van der Waals surface area contributed by atoms with Crippen LogP contribution in [0.25, 0.3) is 11.3 Å². The molecule has 0 fully saturated rings. The van der Waals surface area contributed by atoms with Crippen molar-refractivity contribution in [1.82, 2.24) is 10.9 Å². The molecule has 0 bridgehead atoms. The lowest BCUT2D eigenvalue weighted by molar-refractivity contribution is 0.0917. The Morgan fingerprint density at radius 3 is 2.48 bits per heavy atom. The van der Waals surface area contributed by atoms with Crippen LogP contribution in [-0.4, -0.2) is 11.0 Å². The van der Waals surface area contributed by atoms with Gasteiger partial charge in [0.1, 0.15) is 11.6 Å². The van der Waals surface area contributed by atoms with Crippen molar-refractivity contribution in [2.45, 2.75) is 13.8 Å². The molecule has 0 saturated heterocycles. The number of halogens is 1. The maximum Gasteiger partial charge on any atom is 0.305 e. The number of hydrogen-bond acceptors (Lipinski definition) is 3. The molecule has 0 unspecified atom stereocenters. The van der Waals surface area contributed by atoms with Gasteiger partial charge in [-0.05, 0) is 79.7 Å². The van der Waals surface area contributed by atoms with Gasteiger partial charge in [-0.25, -0.2) is 4.39 Å². The Labute approximate surface area is 161 Å². The van der Waals surface area contributed by atoms with Gasteiger partial charge in [0.2, 0.25) is 0 Å². The highest BCUT2D eigenvalue weighted by Gasteiger charge is 2.13. The molecule has 0 saturated carbocycles. The lowest BCUT2D eigenvalue weighted by Crippen LogP contribution is -2.43. The summed E-state index contributed by atoms with van der Waals surface area (Å²) in [4.78, 5) is 12.2. The molecule has 138 valence electrons. The second-order valence-electron chi connectivity index (χ2n) is 5.95. The number of nitrogens with one attached hydrogen (secondary N) is 3. The van der Waals surface area contributed by atoms with E-state index < -0.39 is 5.91 Å². The third kappa shape index (κ3) is 4.51. The van der Waals surface area contributed by atoms with Crippen molar-refractivity contribution in [2.75, 3.05) is 5.32 Å². The van der Waals surface area contributed by atoms with Gasteiger partial charge in [-0.15, -0.1) is 0 Å². The highest BCUT2D eigenvalue weighted by Crippen LogP contribution is 2.22. The van der Waals surface area contributed by atoms with Gasteiger partial charge in [0.15, 0.2) is 10.9 Å². The van der Waals surface area contributed by atoms with Crippen LogP contribution in [0.15, 0.2) is 59.0 Å². The number of thiocarbonyl (C=S) groups is 1. The Bertz CT molecular complexity index is 983. The number of carbonyl (C=O) groups excluding carboxylic acids is 1. The van der Waals surface area contributed by atoms with Gasteiger partial charge in [0.25, 0.3) is 0 Å². The number of rotatable bonds is 3. The fourth-order valence-corrected chi connectivity index (χ4v) is 2.61. The van der Waals surface area contributed by atoms with Crippen LogP contribution in [-0.2, 0) is 0 Å². The Hall–Kier alpha value is -3.19. The first kappa shape index (κ1) is 18.6. The predicted octanol–water partition coefficient (Wildman–Crippen LogP) is 4.33. The van der Waals surface area contributed by atoms with Crippen molar-refractivity contribution >= 4 is 28.9 Å². The van der Waals surface area contributed by atoms with Crippen LogP contribution >= 0.6 is 12.2 Å². The van der Waals surface area contributed by atoms with Crippen LogP contribution in [0.2, 0.25) is 0 Å². The third-order valence-corrected chi connectivity index (χ3v) is 4.31. The van der Waals surface area contributed by atoms with Crippen molar-refractivity contribution in [3.05, 3.63) is 77.3 Å². The molecule has 0 aliphatic heterocycles. The minimum atomic E-state index is -0.478. The van der Waals surface area contributed by atoms with Gasteiger partial charge in [-0.3, -0.25) is 15.6 Å². The Morgan fingerprint density at radius 1 is 1.00 bits per heavy atom. The van der Waals surface area contributed by atoms with Crippen molar-refractivity contribution in [2.24, 2.45) is 0 Å². The van der Waals surface area contributed by atoms with E-state index in [1.807, 2.05) is 32.0 Å². The van der Waals surface area contributed by atoms with E-state index in [0.29, 0.717) is 11.3 Å². The van der Waals surface area contributed by atoms with Gasteiger partial charge in [0.05, 0.1) is 0 Å². The quantitative estimate of drug-likeness (QED) is 0.464. The number of amides is 1. The highest BCUT2D eigenvalue weighted by atomic mass is 32.1. The third-order valence-electron chi connectivity index (χ3n) is 4.10. The lowest BCUT2D eigenvalue weighted by Gasteiger charge is -2.13. The second-order valence-corrected chi connectivity index (χ2v) is 6.36. The topological polar surface area (TPSA) is 66.3 Å². The van der Waals surface area contributed by atoms with E-state index >= 15 is 0 Å². The molecular formula is C20H18FN3O2S. The standard InChI is InChI=1S/C20H18FN3O2S/c1-12-4-3-5-16(13(12)2)22-20(27)24-23-19(25)18-11-10-17(26-18)14-6-8-15(21)9-7-14/h3-11H,1-2H3,(H,23,25)(H2,22,24,27). The number of aryl methyl sites for hydroxylation is 1. The molecule has 1 aromatic heterocycles. The lowest BCUT2D eigenvalue weighted by atomic mass is 10.1. The summed E-state index contributed by atoms with van der Waals surface area (Å²) in [6.07, 6.45) is 0. The van der Waals surface area contributed by atoms with Crippen LogP contribution < -0.4 is 16.2 Å². The highest BCUT2D eigenvalue weighted by molar-refractivity contribution is 7.80. The minimum absolute atomic E-state index is 0.108. The first-order valence-electron chi connectivity index (χ1n) is 8.23. The van der Waals surface area contributed by atoms with Gasteiger partial charge >= 0.3 is 5.91 Å². The minimum Gasteiger partial charge on any atom is -0.451 e. The first-order chi connectivity index (χ1) is 12.9. The second kappa shape index (κ2) is 8.01. The average Bonchev–Trinajstić information content (AvgIpc) is 3.14. The Kier molecular flexibility index (Phi) is 5.52. The molecule has 0 aliphatic carbocycles. The largest absolute Gasteiger partial charge is 0.451 e. The molecule has 3 rings (SSSR count). The molecule has 0 aliphatic rings. The fourth-order valence-electron chi connectivity index (χ4n) is 2.44. The smallest absolute Gasteiger partial charge is 0.305 e. The zero-order valence-corrected chi connectivity index (χ0v) is 15.6. The van der Waals surface area contributed by atoms with Gasteiger partial charge in [-0.2, -0.15) is 0 Å². The normalized spacial score (nSPS) is 10.3. The van der Waals surface area contributed by atoms with Crippen LogP contribution in [0.3, 0.4) is 0 Å². The molecule has 0 atom stereocenters. The zero-order valence-electron chi connectivity index (χ0n) is 14.8. The maximum absolute atomic E-state index is 13.0. The van der Waals surface area contributed by atoms with Crippen LogP contribution in [0, 0.1) is 19.7 Å². The summed E-state index contributed by atoms with van der Waals surface area (Å²) in [6, 6.07) is 14.8. The maximum atomic E-state index is 13.0. The number of anilines is 1. The van der Waals surface area contributed by atoms with E-state index in [-0.39, 0.29) is 16.7 Å². The summed E-state index contributed by atoms with van der Waals surface area (Å²) in [6.45, 7) is 3.99. The number of furan rings is 1. The zero-order chi connectivity index (χ0) is 19.4. The Balaban J connectivity index is 1.58. The van der Waals surface area contributed by atoms with Gasteiger partial charge in [-0.1, -0.05) is 12.1 Å². The van der Waals surface area contributed by atoms with E-state index in [2.05, 4.69) is 16.2 Å². The van der Waals surface area contributed by atoms with Crippen molar-refractivity contribution in [3.63, 3.8) is 0 Å². The fraction of sp³-hybridized carbons (Fsp3) is 0.100.